The molecule has 0 amide bonds. The van der Waals surface area contributed by atoms with E-state index in [4.69, 9.17) is 0 Å². The van der Waals surface area contributed by atoms with Crippen LogP contribution in [0.4, 0.5) is 5.95 Å². The molecule has 5 nitrogen and oxygen atoms in total. The summed E-state index contributed by atoms with van der Waals surface area (Å²) in [6, 6.07) is 0. The Bertz CT molecular complexity index is 297. The van der Waals surface area contributed by atoms with E-state index in [2.05, 4.69) is 20.0 Å². The Balaban J connectivity index is 2.47. The van der Waals surface area contributed by atoms with Crippen molar-refractivity contribution in [3.05, 3.63) is 18.0 Å². The molecule has 0 aliphatic carbocycles. The van der Waals surface area contributed by atoms with Crippen LogP contribution >= 0.6 is 0 Å². The van der Waals surface area contributed by atoms with E-state index >= 15 is 0 Å². The molecule has 1 rings (SSSR count). The third kappa shape index (κ3) is 3.01. The Hall–Kier alpha value is -1.65. The number of hydrogen-bond acceptors (Lipinski definition) is 5. The number of carbonyl (C=O) groups is 1. The van der Waals surface area contributed by atoms with Gasteiger partial charge in [0.15, 0.2) is 0 Å². The zero-order valence-electron chi connectivity index (χ0n) is 8.28. The molecule has 1 aromatic rings. The Morgan fingerprint density at radius 1 is 1.50 bits per heavy atom. The summed E-state index contributed by atoms with van der Waals surface area (Å²) in [5, 5.41) is 2.75. The molecule has 0 atom stereocenters. The van der Waals surface area contributed by atoms with Gasteiger partial charge in [-0.2, -0.15) is 0 Å². The second kappa shape index (κ2) is 5.16. The smallest absolute Gasteiger partial charge is 0.325 e. The van der Waals surface area contributed by atoms with E-state index in [1.807, 2.05) is 6.92 Å². The van der Waals surface area contributed by atoms with Gasteiger partial charge in [-0.05, 0) is 12.0 Å². The monoisotopic (exact) mass is 195 g/mol. The van der Waals surface area contributed by atoms with Crippen molar-refractivity contribution in [3.63, 3.8) is 0 Å². The minimum atomic E-state index is -0.340. The molecule has 0 spiro atoms. The first-order valence-electron chi connectivity index (χ1n) is 4.38. The highest BCUT2D eigenvalue weighted by atomic mass is 16.5. The fourth-order valence-electron chi connectivity index (χ4n) is 0.852. The quantitative estimate of drug-likeness (QED) is 0.714. The molecule has 0 aliphatic heterocycles. The Kier molecular flexibility index (Phi) is 3.84. The van der Waals surface area contributed by atoms with Gasteiger partial charge in [0.1, 0.15) is 6.54 Å². The van der Waals surface area contributed by atoms with Gasteiger partial charge < -0.3 is 10.1 Å². The van der Waals surface area contributed by atoms with Gasteiger partial charge >= 0.3 is 5.97 Å². The molecule has 1 N–H and O–H groups in total. The lowest BCUT2D eigenvalue weighted by Crippen LogP contribution is -2.16. The van der Waals surface area contributed by atoms with Gasteiger partial charge in [-0.25, -0.2) is 9.97 Å². The van der Waals surface area contributed by atoms with Crippen LogP contribution in [-0.4, -0.2) is 29.6 Å². The van der Waals surface area contributed by atoms with Crippen molar-refractivity contribution in [1.82, 2.24) is 9.97 Å². The zero-order valence-corrected chi connectivity index (χ0v) is 8.28. The Labute approximate surface area is 82.5 Å². The minimum Gasteiger partial charge on any atom is -0.468 e. The van der Waals surface area contributed by atoms with Crippen molar-refractivity contribution in [1.29, 1.82) is 0 Å². The van der Waals surface area contributed by atoms with Gasteiger partial charge in [0.2, 0.25) is 5.95 Å². The number of rotatable bonds is 4. The topological polar surface area (TPSA) is 64.1 Å². The summed E-state index contributed by atoms with van der Waals surface area (Å²) in [4.78, 5) is 18.8. The average Bonchev–Trinajstić information content (AvgIpc) is 2.26. The lowest BCUT2D eigenvalue weighted by molar-refractivity contribution is -0.138. The van der Waals surface area contributed by atoms with Gasteiger partial charge in [0.05, 0.1) is 7.11 Å². The van der Waals surface area contributed by atoms with Gasteiger partial charge in [-0.15, -0.1) is 0 Å². The lowest BCUT2D eigenvalue weighted by atomic mass is 10.3. The normalized spacial score (nSPS) is 9.57. The first-order chi connectivity index (χ1) is 6.76. The molecule has 0 fully saturated rings. The summed E-state index contributed by atoms with van der Waals surface area (Å²) in [5.41, 5.74) is 1.06. The van der Waals surface area contributed by atoms with Crippen LogP contribution in [-0.2, 0) is 16.0 Å². The highest BCUT2D eigenvalue weighted by Crippen LogP contribution is 1.99. The zero-order chi connectivity index (χ0) is 10.4. The molecule has 76 valence electrons. The molecule has 1 heterocycles. The van der Waals surface area contributed by atoms with Crippen molar-refractivity contribution in [2.75, 3.05) is 19.0 Å². The first kappa shape index (κ1) is 10.4. The minimum absolute atomic E-state index is 0.0853. The molecule has 0 aromatic carbocycles. The van der Waals surface area contributed by atoms with Crippen LogP contribution < -0.4 is 5.32 Å². The van der Waals surface area contributed by atoms with E-state index in [0.29, 0.717) is 5.95 Å². The number of hydrogen-bond donors (Lipinski definition) is 1. The molecule has 5 heteroatoms. The molecule has 0 saturated heterocycles. The van der Waals surface area contributed by atoms with Crippen LogP contribution in [0, 0.1) is 0 Å². The van der Waals surface area contributed by atoms with E-state index in [1.165, 1.54) is 7.11 Å². The van der Waals surface area contributed by atoms with E-state index < -0.39 is 0 Å². The number of nitrogens with one attached hydrogen (secondary N) is 1. The van der Waals surface area contributed by atoms with Crippen LogP contribution in [0.2, 0.25) is 0 Å². The number of aryl methyl sites for hydroxylation is 1. The molecular formula is C9H13N3O2. The fourth-order valence-corrected chi connectivity index (χ4v) is 0.852. The van der Waals surface area contributed by atoms with Crippen LogP contribution in [0.5, 0.6) is 0 Å². The average molecular weight is 195 g/mol. The third-order valence-corrected chi connectivity index (χ3v) is 1.73. The van der Waals surface area contributed by atoms with E-state index in [1.54, 1.807) is 12.4 Å². The summed E-state index contributed by atoms with van der Waals surface area (Å²) < 4.78 is 4.46. The predicted molar refractivity (Wildman–Crippen MR) is 51.9 cm³/mol. The van der Waals surface area contributed by atoms with Gasteiger partial charge in [0, 0.05) is 12.4 Å². The van der Waals surface area contributed by atoms with Crippen LogP contribution in [0.1, 0.15) is 12.5 Å². The predicted octanol–water partition coefficient (Wildman–Crippen LogP) is 0.624. The van der Waals surface area contributed by atoms with Crippen LogP contribution in [0.3, 0.4) is 0 Å². The maximum atomic E-state index is 10.8. The number of anilines is 1. The number of esters is 1. The summed E-state index contributed by atoms with van der Waals surface area (Å²) in [6.45, 7) is 2.11. The number of nitrogens with zero attached hydrogens (tertiary/aromatic N) is 2. The van der Waals surface area contributed by atoms with E-state index in [9.17, 15) is 4.79 Å². The summed E-state index contributed by atoms with van der Waals surface area (Å²) in [7, 11) is 1.34. The third-order valence-electron chi connectivity index (χ3n) is 1.73. The number of aromatic nitrogens is 2. The van der Waals surface area contributed by atoms with Gasteiger partial charge in [0.25, 0.3) is 0 Å². The van der Waals surface area contributed by atoms with Crippen molar-refractivity contribution in [3.8, 4) is 0 Å². The number of methoxy groups -OCH3 is 1. The molecule has 1 aromatic heterocycles. The molecule has 0 radical (unpaired) electrons. The molecule has 0 saturated carbocycles. The second-order valence-electron chi connectivity index (χ2n) is 2.70. The van der Waals surface area contributed by atoms with Crippen LogP contribution in [0.25, 0.3) is 0 Å². The maximum Gasteiger partial charge on any atom is 0.325 e. The van der Waals surface area contributed by atoms with Crippen molar-refractivity contribution < 1.29 is 9.53 Å². The van der Waals surface area contributed by atoms with Crippen LogP contribution in [0.15, 0.2) is 12.4 Å². The van der Waals surface area contributed by atoms with Crippen molar-refractivity contribution in [2.45, 2.75) is 13.3 Å². The standard InChI is InChI=1S/C9H13N3O2/c1-3-7-4-10-9(11-5-7)12-6-8(13)14-2/h4-5H,3,6H2,1-2H3,(H,10,11,12). The molecule has 0 bridgehead atoms. The number of carbonyl (C=O) groups excluding carboxylic acids is 1. The lowest BCUT2D eigenvalue weighted by Gasteiger charge is -2.02. The van der Waals surface area contributed by atoms with E-state index in [0.717, 1.165) is 12.0 Å². The summed E-state index contributed by atoms with van der Waals surface area (Å²) in [6.07, 6.45) is 4.36. The second-order valence-corrected chi connectivity index (χ2v) is 2.70. The largest absolute Gasteiger partial charge is 0.468 e. The molecule has 0 aliphatic rings. The highest BCUT2D eigenvalue weighted by molar-refractivity contribution is 5.73. The summed E-state index contributed by atoms with van der Waals surface area (Å²) in [5.74, 6) is 0.0979. The van der Waals surface area contributed by atoms with Crippen molar-refractivity contribution >= 4 is 11.9 Å². The number of ether oxygens (including phenoxy) is 1. The Morgan fingerprint density at radius 2 is 2.14 bits per heavy atom. The first-order valence-corrected chi connectivity index (χ1v) is 4.38. The molecule has 0 unspecified atom stereocenters. The van der Waals surface area contributed by atoms with Gasteiger partial charge in [-0.3, -0.25) is 4.79 Å². The molecular weight excluding hydrogens is 182 g/mol. The fraction of sp³-hybridized carbons (Fsp3) is 0.444. The van der Waals surface area contributed by atoms with E-state index in [-0.39, 0.29) is 12.5 Å². The highest BCUT2D eigenvalue weighted by Gasteiger charge is 2.00. The van der Waals surface area contributed by atoms with Crippen molar-refractivity contribution in [2.24, 2.45) is 0 Å². The maximum absolute atomic E-state index is 10.8. The summed E-state index contributed by atoms with van der Waals surface area (Å²) >= 11 is 0. The Morgan fingerprint density at radius 3 is 2.64 bits per heavy atom. The van der Waals surface area contributed by atoms with Gasteiger partial charge in [-0.1, -0.05) is 6.92 Å². The SMILES string of the molecule is CCc1cnc(NCC(=O)OC)nc1. The molecule has 14 heavy (non-hydrogen) atoms.